The van der Waals surface area contributed by atoms with Gasteiger partial charge in [-0.1, -0.05) is 31.5 Å². The Morgan fingerprint density at radius 3 is 2.20 bits per heavy atom. The van der Waals surface area contributed by atoms with Crippen LogP contribution in [0.2, 0.25) is 0 Å². The first-order chi connectivity index (χ1) is 14.5. The monoisotopic (exact) mass is 422 g/mol. The number of hydrogen-bond donors (Lipinski definition) is 0. The zero-order valence-electron chi connectivity index (χ0n) is 17.0. The number of benzene rings is 2. The van der Waals surface area contributed by atoms with Crippen molar-refractivity contribution in [3.63, 3.8) is 0 Å². The van der Waals surface area contributed by atoms with E-state index in [0.717, 1.165) is 19.3 Å². The zero-order chi connectivity index (χ0) is 21.3. The summed E-state index contributed by atoms with van der Waals surface area (Å²) in [7, 11) is 0. The van der Waals surface area contributed by atoms with Crippen LogP contribution in [-0.4, -0.2) is 13.2 Å². The van der Waals surface area contributed by atoms with E-state index in [1.807, 2.05) is 6.92 Å². The highest BCUT2D eigenvalue weighted by atomic mass is 19.2. The minimum atomic E-state index is -0.938. The first-order valence-electron chi connectivity index (χ1n) is 10.7. The molecule has 1 saturated carbocycles. The first-order valence-corrected chi connectivity index (χ1v) is 10.7. The van der Waals surface area contributed by atoms with Crippen LogP contribution in [0.3, 0.4) is 0 Å². The third-order valence-electron chi connectivity index (χ3n) is 6.23. The van der Waals surface area contributed by atoms with Gasteiger partial charge in [0.15, 0.2) is 23.2 Å². The molecule has 1 unspecified atom stereocenters. The average Bonchev–Trinajstić information content (AvgIpc) is 3.59. The summed E-state index contributed by atoms with van der Waals surface area (Å²) < 4.78 is 67.7. The van der Waals surface area contributed by atoms with Crippen LogP contribution in [0.15, 0.2) is 24.3 Å². The Bertz CT molecular complexity index is 903. The van der Waals surface area contributed by atoms with Gasteiger partial charge in [0.2, 0.25) is 5.82 Å². The van der Waals surface area contributed by atoms with Crippen molar-refractivity contribution in [2.45, 2.75) is 57.5 Å². The molecule has 1 aliphatic carbocycles. The highest BCUT2D eigenvalue weighted by molar-refractivity contribution is 5.32. The molecule has 0 radical (unpaired) electrons. The number of ether oxygens (including phenoxy) is 2. The lowest BCUT2D eigenvalue weighted by molar-refractivity contribution is 0.191. The van der Waals surface area contributed by atoms with Gasteiger partial charge in [0.25, 0.3) is 0 Å². The van der Waals surface area contributed by atoms with E-state index in [0.29, 0.717) is 37.0 Å². The molecule has 2 aromatic rings. The van der Waals surface area contributed by atoms with Crippen molar-refractivity contribution < 1.29 is 27.0 Å². The molecular weight excluding hydrogens is 396 g/mol. The zero-order valence-corrected chi connectivity index (χ0v) is 17.0. The van der Waals surface area contributed by atoms with Crippen LogP contribution in [0.4, 0.5) is 17.6 Å². The molecule has 0 aromatic heterocycles. The van der Waals surface area contributed by atoms with Gasteiger partial charge >= 0.3 is 0 Å². The van der Waals surface area contributed by atoms with Gasteiger partial charge in [-0.2, -0.15) is 4.39 Å². The number of rotatable bonds is 7. The van der Waals surface area contributed by atoms with Crippen molar-refractivity contribution in [3.05, 3.63) is 64.2 Å². The van der Waals surface area contributed by atoms with Crippen LogP contribution in [-0.2, 0) is 11.2 Å². The number of aryl methyl sites for hydroxylation is 1. The maximum absolute atomic E-state index is 14.5. The van der Waals surface area contributed by atoms with E-state index in [4.69, 9.17) is 9.47 Å². The van der Waals surface area contributed by atoms with Gasteiger partial charge in [-0.15, -0.1) is 0 Å². The lowest BCUT2D eigenvalue weighted by Crippen LogP contribution is -2.20. The molecule has 162 valence electrons. The molecule has 2 aromatic carbocycles. The Morgan fingerprint density at radius 2 is 1.53 bits per heavy atom. The van der Waals surface area contributed by atoms with Gasteiger partial charge in [-0.3, -0.25) is 0 Å². The fourth-order valence-corrected chi connectivity index (χ4v) is 4.36. The normalized spacial score (nSPS) is 23.4. The lowest BCUT2D eigenvalue weighted by Gasteiger charge is -2.29. The topological polar surface area (TPSA) is 21.8 Å². The Balaban J connectivity index is 1.33. The fraction of sp³-hybridized carbons (Fsp3) is 0.500. The Labute approximate surface area is 174 Å². The van der Waals surface area contributed by atoms with Crippen LogP contribution < -0.4 is 4.74 Å². The smallest absolute Gasteiger partial charge is 0.200 e. The van der Waals surface area contributed by atoms with Crippen molar-refractivity contribution in [3.8, 4) is 5.75 Å². The van der Waals surface area contributed by atoms with Crippen molar-refractivity contribution in [1.29, 1.82) is 0 Å². The summed E-state index contributed by atoms with van der Waals surface area (Å²) in [5.74, 6) is -3.29. The van der Waals surface area contributed by atoms with Crippen LogP contribution in [0.5, 0.6) is 5.75 Å². The van der Waals surface area contributed by atoms with Gasteiger partial charge in [-0.05, 0) is 61.1 Å². The van der Waals surface area contributed by atoms with Crippen molar-refractivity contribution >= 4 is 0 Å². The second kappa shape index (κ2) is 8.96. The molecule has 1 heterocycles. The first kappa shape index (κ1) is 21.2. The predicted octanol–water partition coefficient (Wildman–Crippen LogP) is 6.62. The minimum absolute atomic E-state index is 0.0487. The average molecular weight is 422 g/mol. The van der Waals surface area contributed by atoms with E-state index in [1.165, 1.54) is 6.07 Å². The second-order valence-corrected chi connectivity index (χ2v) is 8.32. The Kier molecular flexibility index (Phi) is 6.32. The van der Waals surface area contributed by atoms with Gasteiger partial charge in [0.1, 0.15) is 6.10 Å². The van der Waals surface area contributed by atoms with Crippen LogP contribution in [0.1, 0.15) is 67.7 Å². The van der Waals surface area contributed by atoms with Gasteiger partial charge in [0.05, 0.1) is 13.2 Å². The predicted molar refractivity (Wildman–Crippen MR) is 106 cm³/mol. The maximum atomic E-state index is 14.5. The summed E-state index contributed by atoms with van der Waals surface area (Å²) in [6, 6.07) is 6.35. The van der Waals surface area contributed by atoms with Gasteiger partial charge in [-0.25, -0.2) is 13.2 Å². The summed E-state index contributed by atoms with van der Waals surface area (Å²) in [5, 5.41) is 0. The largest absolute Gasteiger partial charge is 0.490 e. The maximum Gasteiger partial charge on any atom is 0.200 e. The van der Waals surface area contributed by atoms with E-state index >= 15 is 0 Å². The van der Waals surface area contributed by atoms with Gasteiger partial charge < -0.3 is 9.47 Å². The molecule has 4 rings (SSSR count). The van der Waals surface area contributed by atoms with Gasteiger partial charge in [0, 0.05) is 5.56 Å². The third kappa shape index (κ3) is 4.34. The van der Waals surface area contributed by atoms with Crippen LogP contribution in [0.25, 0.3) is 0 Å². The van der Waals surface area contributed by atoms with E-state index in [-0.39, 0.29) is 35.9 Å². The van der Waals surface area contributed by atoms with E-state index < -0.39 is 23.3 Å². The van der Waals surface area contributed by atoms with Crippen LogP contribution in [0, 0.1) is 29.2 Å². The second-order valence-electron chi connectivity index (χ2n) is 8.32. The molecule has 1 aliphatic heterocycles. The quantitative estimate of drug-likeness (QED) is 0.369. The molecule has 2 fully saturated rings. The molecule has 0 spiro atoms. The Hall–Kier alpha value is -2.08. The molecule has 6 heteroatoms. The molecule has 30 heavy (non-hydrogen) atoms. The standard InChI is InChI=1S/C24H26F4O2/c1-2-3-16-8-11-19(24(28)21(16)25)29-12-14-4-6-15(7-5-14)17-9-10-18(20-13-30-20)23(27)22(17)26/h8-11,14-15,20H,2-7,12-13H2,1H3. The number of epoxide rings is 1. The molecular formula is C24H26F4O2. The Morgan fingerprint density at radius 1 is 0.867 bits per heavy atom. The highest BCUT2D eigenvalue weighted by Crippen LogP contribution is 2.40. The van der Waals surface area contributed by atoms with Crippen molar-refractivity contribution in [1.82, 2.24) is 0 Å². The summed E-state index contributed by atoms with van der Waals surface area (Å²) >= 11 is 0. The highest BCUT2D eigenvalue weighted by Gasteiger charge is 2.32. The minimum Gasteiger partial charge on any atom is -0.490 e. The van der Waals surface area contributed by atoms with Crippen LogP contribution >= 0.6 is 0 Å². The fourth-order valence-electron chi connectivity index (χ4n) is 4.36. The van der Waals surface area contributed by atoms with Crippen molar-refractivity contribution in [2.75, 3.05) is 13.2 Å². The summed E-state index contributed by atoms with van der Waals surface area (Å²) in [6.07, 6.45) is 3.84. The summed E-state index contributed by atoms with van der Waals surface area (Å²) in [5.41, 5.74) is 1.06. The lowest BCUT2D eigenvalue weighted by atomic mass is 9.78. The summed E-state index contributed by atoms with van der Waals surface area (Å²) in [6.45, 7) is 2.63. The molecule has 2 nitrogen and oxygen atoms in total. The molecule has 0 amide bonds. The molecule has 0 bridgehead atoms. The molecule has 0 N–H and O–H groups in total. The van der Waals surface area contributed by atoms with E-state index in [9.17, 15) is 17.6 Å². The van der Waals surface area contributed by atoms with Crippen molar-refractivity contribution in [2.24, 2.45) is 5.92 Å². The molecule has 2 aliphatic rings. The van der Waals surface area contributed by atoms with E-state index in [1.54, 1.807) is 18.2 Å². The van der Waals surface area contributed by atoms with E-state index in [2.05, 4.69) is 0 Å². The number of hydrogen-bond acceptors (Lipinski definition) is 2. The third-order valence-corrected chi connectivity index (χ3v) is 6.23. The molecule has 1 saturated heterocycles. The SMILES string of the molecule is CCCc1ccc(OCC2CCC(c3ccc(C4CO4)c(F)c3F)CC2)c(F)c1F. The number of halogens is 4. The molecule has 1 atom stereocenters. The summed E-state index contributed by atoms with van der Waals surface area (Å²) in [4.78, 5) is 0.